The predicted octanol–water partition coefficient (Wildman–Crippen LogP) is 6.13. The topological polar surface area (TPSA) is 69.0 Å². The molecule has 0 aliphatic carbocycles. The molecule has 4 aromatic rings. The zero-order valence-electron chi connectivity index (χ0n) is 18.3. The van der Waals surface area contributed by atoms with Gasteiger partial charge >= 0.3 is 0 Å². The number of halogens is 1. The van der Waals surface area contributed by atoms with Crippen molar-refractivity contribution in [1.82, 2.24) is 14.8 Å². The van der Waals surface area contributed by atoms with E-state index in [-0.39, 0.29) is 11.7 Å². The molecule has 0 spiro atoms. The molecule has 1 N–H and O–H groups in total. The van der Waals surface area contributed by atoms with Crippen LogP contribution in [0.1, 0.15) is 12.5 Å². The fourth-order valence-corrected chi connectivity index (χ4v) is 4.38. The number of benzene rings is 3. The molecule has 0 unspecified atom stereocenters. The lowest BCUT2D eigenvalue weighted by molar-refractivity contribution is -0.113. The van der Waals surface area contributed by atoms with Gasteiger partial charge in [-0.2, -0.15) is 0 Å². The van der Waals surface area contributed by atoms with Crippen LogP contribution in [0, 0.1) is 6.92 Å². The summed E-state index contributed by atoms with van der Waals surface area (Å²) >= 11 is 4.87. The number of aromatic nitrogens is 3. The number of aryl methyl sites for hydroxylation is 1. The van der Waals surface area contributed by atoms with Crippen LogP contribution in [0.15, 0.2) is 82.4 Å². The van der Waals surface area contributed by atoms with E-state index in [0.717, 1.165) is 33.0 Å². The van der Waals surface area contributed by atoms with Gasteiger partial charge in [-0.15, -0.1) is 10.2 Å². The third-order valence-electron chi connectivity index (χ3n) is 4.79. The Kier molecular flexibility index (Phi) is 7.47. The SMILES string of the molecule is CCOc1ccc(NC(=O)CSc2nnc(-c3cccc(Br)c3)n2-c2ccc(C)cc2)cc1. The lowest BCUT2D eigenvalue weighted by Crippen LogP contribution is -2.14. The van der Waals surface area contributed by atoms with Crippen LogP contribution in [-0.2, 0) is 4.79 Å². The van der Waals surface area contributed by atoms with Gasteiger partial charge in [0.2, 0.25) is 5.91 Å². The molecule has 168 valence electrons. The number of rotatable bonds is 8. The molecule has 8 heteroatoms. The summed E-state index contributed by atoms with van der Waals surface area (Å²) in [6.45, 7) is 4.59. The molecular weight excluding hydrogens is 500 g/mol. The fraction of sp³-hybridized carbons (Fsp3) is 0.160. The minimum atomic E-state index is -0.119. The first-order valence-corrected chi connectivity index (χ1v) is 12.3. The smallest absolute Gasteiger partial charge is 0.234 e. The first-order valence-electron chi connectivity index (χ1n) is 10.5. The Morgan fingerprint density at radius 3 is 2.52 bits per heavy atom. The predicted molar refractivity (Wildman–Crippen MR) is 136 cm³/mol. The van der Waals surface area contributed by atoms with Gasteiger partial charge in [-0.05, 0) is 62.4 Å². The number of thioether (sulfide) groups is 1. The second-order valence-electron chi connectivity index (χ2n) is 7.28. The van der Waals surface area contributed by atoms with Gasteiger partial charge in [0.1, 0.15) is 5.75 Å². The van der Waals surface area contributed by atoms with Crippen LogP contribution in [0.25, 0.3) is 17.1 Å². The van der Waals surface area contributed by atoms with Crippen molar-refractivity contribution in [3.8, 4) is 22.8 Å². The third-order valence-corrected chi connectivity index (χ3v) is 6.21. The maximum Gasteiger partial charge on any atom is 0.234 e. The van der Waals surface area contributed by atoms with Gasteiger partial charge in [-0.3, -0.25) is 9.36 Å². The monoisotopic (exact) mass is 522 g/mol. The molecule has 3 aromatic carbocycles. The standard InChI is InChI=1S/C25H23BrN4O2S/c1-3-32-22-13-9-20(10-14-22)27-23(31)16-33-25-29-28-24(18-5-4-6-19(26)15-18)30(25)21-11-7-17(2)8-12-21/h4-15H,3,16H2,1-2H3,(H,27,31). The number of hydrogen-bond acceptors (Lipinski definition) is 5. The van der Waals surface area contributed by atoms with Crippen LogP contribution < -0.4 is 10.1 Å². The van der Waals surface area contributed by atoms with Crippen molar-refractivity contribution in [1.29, 1.82) is 0 Å². The Hall–Kier alpha value is -3.10. The van der Waals surface area contributed by atoms with Gasteiger partial charge in [0.15, 0.2) is 11.0 Å². The van der Waals surface area contributed by atoms with Crippen molar-refractivity contribution in [2.24, 2.45) is 0 Å². The molecule has 1 heterocycles. The van der Waals surface area contributed by atoms with Gasteiger partial charge in [0.25, 0.3) is 0 Å². The minimum Gasteiger partial charge on any atom is -0.494 e. The maximum absolute atomic E-state index is 12.6. The number of nitrogens with zero attached hydrogens (tertiary/aromatic N) is 3. The van der Waals surface area contributed by atoms with Gasteiger partial charge < -0.3 is 10.1 Å². The van der Waals surface area contributed by atoms with Crippen molar-refractivity contribution in [3.05, 3.63) is 82.8 Å². The second kappa shape index (κ2) is 10.7. The third kappa shape index (κ3) is 5.83. The van der Waals surface area contributed by atoms with Crippen LogP contribution in [0.5, 0.6) is 5.75 Å². The highest BCUT2D eigenvalue weighted by Gasteiger charge is 2.17. The average molecular weight is 523 g/mol. The quantitative estimate of drug-likeness (QED) is 0.281. The van der Waals surface area contributed by atoms with E-state index in [0.29, 0.717) is 11.8 Å². The largest absolute Gasteiger partial charge is 0.494 e. The van der Waals surface area contributed by atoms with Crippen molar-refractivity contribution in [2.75, 3.05) is 17.7 Å². The maximum atomic E-state index is 12.6. The average Bonchev–Trinajstić information content (AvgIpc) is 3.24. The zero-order valence-corrected chi connectivity index (χ0v) is 20.7. The first kappa shape index (κ1) is 23.1. The number of hydrogen-bond donors (Lipinski definition) is 1. The molecule has 4 rings (SSSR count). The van der Waals surface area contributed by atoms with Crippen LogP contribution in [-0.4, -0.2) is 33.0 Å². The first-order chi connectivity index (χ1) is 16.0. The molecule has 33 heavy (non-hydrogen) atoms. The van der Waals surface area contributed by atoms with Gasteiger partial charge in [-0.1, -0.05) is 57.5 Å². The Labute approximate surface area is 205 Å². The lowest BCUT2D eigenvalue weighted by Gasteiger charge is -2.11. The molecule has 0 bridgehead atoms. The molecule has 0 fully saturated rings. The summed E-state index contributed by atoms with van der Waals surface area (Å²) in [4.78, 5) is 12.6. The number of anilines is 1. The van der Waals surface area contributed by atoms with Crippen molar-refractivity contribution >= 4 is 39.3 Å². The fourth-order valence-electron chi connectivity index (χ4n) is 3.23. The summed E-state index contributed by atoms with van der Waals surface area (Å²) in [5.41, 5.74) is 3.76. The summed E-state index contributed by atoms with van der Waals surface area (Å²) in [5.74, 6) is 1.58. The van der Waals surface area contributed by atoms with Gasteiger partial charge in [0, 0.05) is 21.4 Å². The number of nitrogens with one attached hydrogen (secondary N) is 1. The number of carbonyl (C=O) groups excluding carboxylic acids is 1. The molecule has 0 saturated carbocycles. The van der Waals surface area contributed by atoms with E-state index in [1.165, 1.54) is 17.3 Å². The van der Waals surface area contributed by atoms with Crippen molar-refractivity contribution < 1.29 is 9.53 Å². The van der Waals surface area contributed by atoms with E-state index in [1.807, 2.05) is 91.2 Å². The van der Waals surface area contributed by atoms with Gasteiger partial charge in [-0.25, -0.2) is 0 Å². The molecular formula is C25H23BrN4O2S. The summed E-state index contributed by atoms with van der Waals surface area (Å²) in [7, 11) is 0. The molecule has 1 aromatic heterocycles. The van der Waals surface area contributed by atoms with Gasteiger partial charge in [0.05, 0.1) is 12.4 Å². The summed E-state index contributed by atoms with van der Waals surface area (Å²) in [6.07, 6.45) is 0. The molecule has 0 aliphatic heterocycles. The molecule has 0 aliphatic rings. The minimum absolute atomic E-state index is 0.119. The normalized spacial score (nSPS) is 10.8. The second-order valence-corrected chi connectivity index (χ2v) is 9.14. The van der Waals surface area contributed by atoms with Crippen molar-refractivity contribution in [3.63, 3.8) is 0 Å². The number of amides is 1. The van der Waals surface area contributed by atoms with E-state index in [2.05, 4.69) is 31.4 Å². The lowest BCUT2D eigenvalue weighted by atomic mass is 10.2. The van der Waals surface area contributed by atoms with E-state index >= 15 is 0 Å². The van der Waals surface area contributed by atoms with Crippen LogP contribution >= 0.6 is 27.7 Å². The van der Waals surface area contributed by atoms with E-state index in [9.17, 15) is 4.79 Å². The van der Waals surface area contributed by atoms with E-state index in [4.69, 9.17) is 4.74 Å². The van der Waals surface area contributed by atoms with E-state index < -0.39 is 0 Å². The Balaban J connectivity index is 1.54. The molecule has 0 saturated heterocycles. The zero-order chi connectivity index (χ0) is 23.2. The number of carbonyl (C=O) groups is 1. The van der Waals surface area contributed by atoms with E-state index in [1.54, 1.807) is 0 Å². The summed E-state index contributed by atoms with van der Waals surface area (Å²) < 4.78 is 8.38. The van der Waals surface area contributed by atoms with Crippen LogP contribution in [0.3, 0.4) is 0 Å². The summed E-state index contributed by atoms with van der Waals surface area (Å²) in [5, 5.41) is 12.4. The highest BCUT2D eigenvalue weighted by Crippen LogP contribution is 2.29. The Bertz CT molecular complexity index is 1240. The number of ether oxygens (including phenoxy) is 1. The van der Waals surface area contributed by atoms with Crippen molar-refractivity contribution in [2.45, 2.75) is 19.0 Å². The van der Waals surface area contributed by atoms with Crippen LogP contribution in [0.2, 0.25) is 0 Å². The van der Waals surface area contributed by atoms with Crippen LogP contribution in [0.4, 0.5) is 5.69 Å². The Morgan fingerprint density at radius 1 is 1.06 bits per heavy atom. The molecule has 0 radical (unpaired) electrons. The molecule has 1 amide bonds. The highest BCUT2D eigenvalue weighted by molar-refractivity contribution is 9.10. The summed E-state index contributed by atoms with van der Waals surface area (Å²) in [6, 6.07) is 23.4. The molecule has 0 atom stereocenters. The molecule has 6 nitrogen and oxygen atoms in total. The Morgan fingerprint density at radius 2 is 1.82 bits per heavy atom. The highest BCUT2D eigenvalue weighted by atomic mass is 79.9.